The van der Waals surface area contributed by atoms with Crippen LogP contribution in [0.5, 0.6) is 0 Å². The van der Waals surface area contributed by atoms with Crippen LogP contribution in [0.25, 0.3) is 0 Å². The fourth-order valence-electron chi connectivity index (χ4n) is 9.49. The third-order valence-corrected chi connectivity index (χ3v) is 17.0. The van der Waals surface area contributed by atoms with Crippen LogP contribution in [0.1, 0.15) is 108 Å². The average molecular weight is 1030 g/mol. The van der Waals surface area contributed by atoms with Crippen molar-refractivity contribution in [2.45, 2.75) is 121 Å². The van der Waals surface area contributed by atoms with Crippen LogP contribution in [-0.2, 0) is 62.9 Å². The van der Waals surface area contributed by atoms with Crippen molar-refractivity contribution >= 4 is 54.9 Å². The SMILES string of the molecule is CCO.Nc1cccc(CCS(=O)(=O)N2CCC3(CC2)N=C(C2CCCCC2)NC3=O)c1.O=C1NC(C2CCCCC2)=NC12CCN(S(=O)(=O)CCc1cccc([N+](=O)[O-])c1)CC2.[CH3-].[Pd]. The van der Waals surface area contributed by atoms with Crippen molar-refractivity contribution in [2.24, 2.45) is 21.8 Å². The largest absolute Gasteiger partial charge is 0.399 e. The number of nitrogens with two attached hydrogens (primary N) is 1. The summed E-state index contributed by atoms with van der Waals surface area (Å²) in [5, 5.41) is 24.5. The molecule has 65 heavy (non-hydrogen) atoms. The number of hydrogen-bond donors (Lipinski definition) is 4. The first-order valence-corrected chi connectivity index (χ1v) is 25.8. The van der Waals surface area contributed by atoms with E-state index in [-0.39, 0.29) is 83.0 Å². The zero-order chi connectivity index (χ0) is 45.3. The van der Waals surface area contributed by atoms with Gasteiger partial charge < -0.3 is 28.9 Å². The maximum atomic E-state index is 12.8. The fourth-order valence-corrected chi connectivity index (χ4v) is 12.5. The predicted molar refractivity (Wildman–Crippen MR) is 249 cm³/mol. The summed E-state index contributed by atoms with van der Waals surface area (Å²) in [6.07, 6.45) is 13.7. The summed E-state index contributed by atoms with van der Waals surface area (Å²) in [5.41, 5.74) is 6.29. The molecule has 5 N–H and O–H groups in total. The summed E-state index contributed by atoms with van der Waals surface area (Å²) in [6.45, 7) is 3.13. The van der Waals surface area contributed by atoms with Crippen molar-refractivity contribution in [2.75, 3.05) is 50.0 Å². The van der Waals surface area contributed by atoms with E-state index in [1.807, 2.05) is 18.2 Å². The number of anilines is 1. The summed E-state index contributed by atoms with van der Waals surface area (Å²) >= 11 is 0. The number of carbonyl (C=O) groups is 2. The summed E-state index contributed by atoms with van der Waals surface area (Å²) < 4.78 is 54.2. The number of nitrogens with zero attached hydrogens (tertiary/aromatic N) is 5. The van der Waals surface area contributed by atoms with Crippen molar-refractivity contribution in [3.63, 3.8) is 0 Å². The molecule has 0 atom stereocenters. The van der Waals surface area contributed by atoms with Gasteiger partial charge in [-0.2, -0.15) is 0 Å². The van der Waals surface area contributed by atoms with Crippen molar-refractivity contribution < 1.29 is 56.9 Å². The third-order valence-electron chi connectivity index (χ3n) is 13.2. The van der Waals surface area contributed by atoms with Gasteiger partial charge in [-0.3, -0.25) is 29.7 Å². The number of aryl methyl sites for hydroxylation is 2. The number of amidine groups is 2. The van der Waals surface area contributed by atoms with Crippen LogP contribution >= 0.6 is 0 Å². The molecule has 2 aromatic carbocycles. The van der Waals surface area contributed by atoms with Gasteiger partial charge in [-0.05, 0) is 94.4 Å². The number of amides is 2. The van der Waals surface area contributed by atoms with Gasteiger partial charge in [-0.15, -0.1) is 0 Å². The molecule has 364 valence electrons. The Bertz CT molecular complexity index is 2230. The number of nitrogens with one attached hydrogen (secondary N) is 2. The third kappa shape index (κ3) is 13.7. The Kier molecular flexibility index (Phi) is 19.8. The number of aliphatic hydroxyl groups is 1. The molecule has 0 radical (unpaired) electrons. The van der Waals surface area contributed by atoms with Gasteiger partial charge in [0, 0.05) is 82.9 Å². The van der Waals surface area contributed by atoms with Gasteiger partial charge in [0.05, 0.1) is 16.4 Å². The first-order chi connectivity index (χ1) is 30.1. The van der Waals surface area contributed by atoms with Crippen LogP contribution in [-0.4, -0.2) is 114 Å². The van der Waals surface area contributed by atoms with E-state index >= 15 is 0 Å². The molecule has 4 fully saturated rings. The second-order valence-corrected chi connectivity index (χ2v) is 21.7. The molecule has 2 spiro atoms. The number of sulfonamides is 2. The quantitative estimate of drug-likeness (QED) is 0.0776. The number of hydrogen-bond acceptors (Lipinski definition) is 12. The van der Waals surface area contributed by atoms with Gasteiger partial charge in [0.25, 0.3) is 17.5 Å². The molecule has 20 heteroatoms. The second kappa shape index (κ2) is 23.9. The minimum atomic E-state index is -3.53. The normalized spacial score (nSPS) is 21.3. The van der Waals surface area contributed by atoms with Crippen molar-refractivity contribution in [1.82, 2.24) is 19.2 Å². The Hall–Kier alpha value is -3.64. The number of benzene rings is 2. The average Bonchev–Trinajstić information content (AvgIpc) is 3.78. The van der Waals surface area contributed by atoms with E-state index in [4.69, 9.17) is 20.8 Å². The molecule has 0 bridgehead atoms. The van der Waals surface area contributed by atoms with E-state index in [1.165, 1.54) is 46.4 Å². The maximum absolute atomic E-state index is 12.8. The van der Waals surface area contributed by atoms with E-state index in [0.29, 0.717) is 68.3 Å². The Morgan fingerprint density at radius 2 is 1.11 bits per heavy atom. The Labute approximate surface area is 398 Å². The van der Waals surface area contributed by atoms with Crippen molar-refractivity contribution in [1.29, 1.82) is 0 Å². The van der Waals surface area contributed by atoms with E-state index in [1.54, 1.807) is 25.1 Å². The standard InChI is InChI=1S/C21H28N4O5S.C21H30N4O3S.C2H6O.CH3.Pd/c26-20-21(23-19(22-20)17-6-2-1-3-7-17)10-12-24(13-11-21)31(29,30)14-9-16-5-4-8-18(15-16)25(27)28;22-18-8-4-5-16(15-18)9-14-29(27,28)25-12-10-21(11-13-25)20(26)23-19(24-21)17-6-2-1-3-7-17;1-2-3;;/h4-5,8,15,17H,1-3,6-7,9-14H2,(H,22,23,26);4-5,8,15,17H,1-3,6-7,9-14,22H2,(H,23,24,26);3H,2H2,1H3;1H3;/q;;;-1;. The van der Waals surface area contributed by atoms with E-state index in [2.05, 4.69) is 10.6 Å². The minimum Gasteiger partial charge on any atom is -0.399 e. The number of piperidine rings is 2. The van der Waals surface area contributed by atoms with Crippen LogP contribution < -0.4 is 16.4 Å². The zero-order valence-electron chi connectivity index (χ0n) is 37.7. The smallest absolute Gasteiger partial charge is 0.269 e. The zero-order valence-corrected chi connectivity index (χ0v) is 40.9. The monoisotopic (exact) mass is 1030 g/mol. The number of non-ortho nitro benzene ring substituents is 1. The molecule has 0 aromatic heterocycles. The number of rotatable bonds is 11. The molecule has 2 saturated heterocycles. The van der Waals surface area contributed by atoms with E-state index in [0.717, 1.165) is 55.8 Å². The van der Waals surface area contributed by atoms with Crippen LogP contribution in [0, 0.1) is 29.4 Å². The van der Waals surface area contributed by atoms with Gasteiger partial charge in [-0.25, -0.2) is 25.4 Å². The molecule has 4 aliphatic heterocycles. The molecule has 6 aliphatic rings. The number of nitrogen functional groups attached to an aromatic ring is 1. The molecule has 2 aliphatic carbocycles. The Morgan fingerprint density at radius 3 is 1.49 bits per heavy atom. The molecular weight excluding hydrogens is 967 g/mol. The van der Waals surface area contributed by atoms with Gasteiger partial charge in [-0.1, -0.05) is 62.8 Å². The van der Waals surface area contributed by atoms with Crippen LogP contribution in [0.2, 0.25) is 0 Å². The Morgan fingerprint density at radius 1 is 0.723 bits per heavy atom. The predicted octanol–water partition coefficient (Wildman–Crippen LogP) is 4.94. The van der Waals surface area contributed by atoms with Crippen molar-refractivity contribution in [3.05, 3.63) is 77.2 Å². The molecule has 4 heterocycles. The summed E-state index contributed by atoms with van der Waals surface area (Å²) in [6, 6.07) is 13.4. The molecule has 0 unspecified atom stereocenters. The van der Waals surface area contributed by atoms with Crippen LogP contribution in [0.3, 0.4) is 0 Å². The number of nitro groups is 1. The first-order valence-electron chi connectivity index (χ1n) is 22.6. The molecule has 8 rings (SSSR count). The first kappa shape index (κ1) is 54.0. The Balaban J connectivity index is 0.000000261. The van der Waals surface area contributed by atoms with Crippen molar-refractivity contribution in [3.8, 4) is 0 Å². The fraction of sp³-hybridized carbons (Fsp3) is 0.622. The van der Waals surface area contributed by atoms with Crippen LogP contribution in [0.4, 0.5) is 11.4 Å². The van der Waals surface area contributed by atoms with Gasteiger partial charge in [0.1, 0.15) is 22.7 Å². The van der Waals surface area contributed by atoms with Gasteiger partial charge in [0.2, 0.25) is 20.0 Å². The maximum Gasteiger partial charge on any atom is 0.269 e. The number of nitro benzene ring substituents is 1. The summed E-state index contributed by atoms with van der Waals surface area (Å²) in [4.78, 5) is 45.4. The molecule has 17 nitrogen and oxygen atoms in total. The molecular formula is C45H67N8O9PdS2-. The minimum absolute atomic E-state index is 0. The summed E-state index contributed by atoms with van der Waals surface area (Å²) in [5.74, 6) is 2.09. The molecule has 2 aromatic rings. The number of aliphatic hydroxyl groups excluding tert-OH is 1. The van der Waals surface area contributed by atoms with Crippen LogP contribution in [0.15, 0.2) is 58.5 Å². The van der Waals surface area contributed by atoms with E-state index in [9.17, 15) is 36.5 Å². The number of aliphatic imine (C=N–C) groups is 2. The number of carbonyl (C=O) groups excluding carboxylic acids is 2. The molecule has 2 saturated carbocycles. The molecule has 2 amide bonds. The van der Waals surface area contributed by atoms with Gasteiger partial charge >= 0.3 is 0 Å². The summed E-state index contributed by atoms with van der Waals surface area (Å²) in [7, 11) is -6.91. The van der Waals surface area contributed by atoms with E-state index < -0.39 is 36.0 Å². The van der Waals surface area contributed by atoms with Gasteiger partial charge in [0.15, 0.2) is 0 Å². The second-order valence-electron chi connectivity index (χ2n) is 17.6. The topological polar surface area (TPSA) is 247 Å².